The number of nitrogens with zero attached hydrogens (tertiary/aromatic N) is 2. The van der Waals surface area contributed by atoms with Gasteiger partial charge >= 0.3 is 0 Å². The Morgan fingerprint density at radius 3 is 2.39 bits per heavy atom. The monoisotopic (exact) mass is 319 g/mol. The second kappa shape index (κ2) is 7.43. The Morgan fingerprint density at radius 2 is 1.83 bits per heavy atom. The molecule has 128 valence electrons. The number of aliphatic hydroxyl groups excluding tert-OH is 1. The Hall–Kier alpha value is -1.43. The van der Waals surface area contributed by atoms with Crippen LogP contribution in [-0.2, 0) is 6.54 Å². The van der Waals surface area contributed by atoms with Crippen molar-refractivity contribution in [3.05, 3.63) is 35.4 Å². The number of hydrogen-bond donors (Lipinski definition) is 2. The minimum absolute atomic E-state index is 0.0770. The van der Waals surface area contributed by atoms with Gasteiger partial charge in [-0.25, -0.2) is 0 Å². The maximum absolute atomic E-state index is 11.3. The first-order valence-corrected chi connectivity index (χ1v) is 8.27. The highest BCUT2D eigenvalue weighted by Crippen LogP contribution is 2.20. The minimum atomic E-state index is -0.382. The fourth-order valence-electron chi connectivity index (χ4n) is 2.73. The summed E-state index contributed by atoms with van der Waals surface area (Å²) in [6, 6.07) is 7.53. The van der Waals surface area contributed by atoms with Crippen LogP contribution in [0.15, 0.2) is 24.3 Å². The number of amides is 1. The van der Waals surface area contributed by atoms with Crippen LogP contribution in [0.2, 0.25) is 0 Å². The zero-order chi connectivity index (χ0) is 17.0. The number of β-amino-alcohol motifs (C(OH)–C–C–N with tert-alkyl or cyclic N) is 1. The molecule has 1 aromatic carbocycles. The Labute approximate surface area is 139 Å². The van der Waals surface area contributed by atoms with Gasteiger partial charge in [-0.2, -0.15) is 0 Å². The van der Waals surface area contributed by atoms with Crippen molar-refractivity contribution in [1.82, 2.24) is 9.80 Å². The molecule has 0 saturated carbocycles. The van der Waals surface area contributed by atoms with E-state index in [4.69, 9.17) is 5.73 Å². The summed E-state index contributed by atoms with van der Waals surface area (Å²) in [5, 5.41) is 10.2. The molecule has 5 heteroatoms. The van der Waals surface area contributed by atoms with E-state index in [-0.39, 0.29) is 17.4 Å². The fourth-order valence-corrected chi connectivity index (χ4v) is 2.73. The first-order valence-electron chi connectivity index (χ1n) is 8.27. The van der Waals surface area contributed by atoms with Gasteiger partial charge < -0.3 is 10.8 Å². The average molecular weight is 319 g/mol. The van der Waals surface area contributed by atoms with Gasteiger partial charge in [-0.15, -0.1) is 0 Å². The molecule has 0 radical (unpaired) electrons. The van der Waals surface area contributed by atoms with E-state index in [1.807, 2.05) is 18.2 Å². The number of benzene rings is 1. The van der Waals surface area contributed by atoms with Gasteiger partial charge in [-0.3, -0.25) is 14.6 Å². The molecule has 0 spiro atoms. The number of carbonyl (C=O) groups is 1. The van der Waals surface area contributed by atoms with Crippen molar-refractivity contribution < 1.29 is 9.90 Å². The van der Waals surface area contributed by atoms with Crippen molar-refractivity contribution in [2.45, 2.75) is 33.4 Å². The van der Waals surface area contributed by atoms with Crippen LogP contribution in [0.5, 0.6) is 0 Å². The zero-order valence-electron chi connectivity index (χ0n) is 14.5. The predicted octanol–water partition coefficient (Wildman–Crippen LogP) is 1.31. The van der Waals surface area contributed by atoms with E-state index in [1.54, 1.807) is 6.07 Å². The van der Waals surface area contributed by atoms with Crippen LogP contribution in [0.1, 0.15) is 36.7 Å². The minimum Gasteiger partial charge on any atom is -0.391 e. The molecule has 1 aliphatic rings. The molecular formula is C18H29N3O2. The summed E-state index contributed by atoms with van der Waals surface area (Å²) in [5.74, 6) is -0.382. The van der Waals surface area contributed by atoms with Crippen molar-refractivity contribution in [3.63, 3.8) is 0 Å². The van der Waals surface area contributed by atoms with Crippen molar-refractivity contribution in [2.75, 3.05) is 32.7 Å². The summed E-state index contributed by atoms with van der Waals surface area (Å²) < 4.78 is 0. The number of carbonyl (C=O) groups excluding carboxylic acids is 1. The molecule has 1 atom stereocenters. The zero-order valence-corrected chi connectivity index (χ0v) is 14.5. The molecule has 1 aromatic rings. The van der Waals surface area contributed by atoms with E-state index < -0.39 is 0 Å². The lowest BCUT2D eigenvalue weighted by molar-refractivity contribution is 0.0126. The standard InChI is InChI=1S/C18H29N3O2/c1-18(2,3)16(22)13-21-9-7-20(8-10-21)12-14-5-4-6-15(11-14)17(19)23/h4-6,11,16,22H,7-10,12-13H2,1-3H3,(H2,19,23). The number of primary amides is 1. The second-order valence-corrected chi connectivity index (χ2v) is 7.52. The highest BCUT2D eigenvalue weighted by molar-refractivity contribution is 5.92. The number of aliphatic hydroxyl groups is 1. The van der Waals surface area contributed by atoms with Gasteiger partial charge in [-0.1, -0.05) is 32.9 Å². The molecule has 5 nitrogen and oxygen atoms in total. The molecule has 1 aliphatic heterocycles. The van der Waals surface area contributed by atoms with E-state index in [1.165, 1.54) is 0 Å². The number of hydrogen-bond acceptors (Lipinski definition) is 4. The van der Waals surface area contributed by atoms with E-state index >= 15 is 0 Å². The van der Waals surface area contributed by atoms with E-state index in [0.717, 1.165) is 44.8 Å². The molecule has 0 aromatic heterocycles. The van der Waals surface area contributed by atoms with Gasteiger partial charge in [0.05, 0.1) is 6.10 Å². The van der Waals surface area contributed by atoms with Crippen LogP contribution in [0.4, 0.5) is 0 Å². The first-order chi connectivity index (χ1) is 10.8. The lowest BCUT2D eigenvalue weighted by Crippen LogP contribution is -2.49. The number of nitrogens with two attached hydrogens (primary N) is 1. The normalized spacial score (nSPS) is 18.8. The van der Waals surface area contributed by atoms with Gasteiger partial charge in [0.1, 0.15) is 0 Å². The molecule has 1 amide bonds. The molecule has 0 aliphatic carbocycles. The lowest BCUT2D eigenvalue weighted by atomic mass is 9.89. The lowest BCUT2D eigenvalue weighted by Gasteiger charge is -2.38. The summed E-state index contributed by atoms with van der Waals surface area (Å²) in [5.41, 5.74) is 6.93. The van der Waals surface area contributed by atoms with Crippen molar-refractivity contribution in [1.29, 1.82) is 0 Å². The third kappa shape index (κ3) is 5.30. The SMILES string of the molecule is CC(C)(C)C(O)CN1CCN(Cc2cccc(C(N)=O)c2)CC1. The van der Waals surface area contributed by atoms with Crippen molar-refractivity contribution in [2.24, 2.45) is 11.1 Å². The summed E-state index contributed by atoms with van der Waals surface area (Å²) >= 11 is 0. The first kappa shape index (κ1) is 17.9. The number of rotatable bonds is 5. The van der Waals surface area contributed by atoms with Gasteiger partial charge in [0, 0.05) is 44.8 Å². The van der Waals surface area contributed by atoms with Crippen LogP contribution in [0, 0.1) is 5.41 Å². The topological polar surface area (TPSA) is 69.8 Å². The Bertz CT molecular complexity index is 531. The quantitative estimate of drug-likeness (QED) is 0.858. The predicted molar refractivity (Wildman–Crippen MR) is 92.1 cm³/mol. The molecule has 0 bridgehead atoms. The third-order valence-corrected chi connectivity index (χ3v) is 4.51. The summed E-state index contributed by atoms with van der Waals surface area (Å²) in [6.45, 7) is 11.6. The fraction of sp³-hybridized carbons (Fsp3) is 0.611. The molecule has 1 unspecified atom stereocenters. The van der Waals surface area contributed by atoms with E-state index in [0.29, 0.717) is 5.56 Å². The highest BCUT2D eigenvalue weighted by Gasteiger charge is 2.26. The molecule has 2 rings (SSSR count). The maximum Gasteiger partial charge on any atom is 0.248 e. The third-order valence-electron chi connectivity index (χ3n) is 4.51. The summed E-state index contributed by atoms with van der Waals surface area (Å²) in [6.07, 6.45) is -0.304. The van der Waals surface area contributed by atoms with Gasteiger partial charge in [0.2, 0.25) is 5.91 Å². The molecular weight excluding hydrogens is 290 g/mol. The number of piperazine rings is 1. The molecule has 1 heterocycles. The van der Waals surface area contributed by atoms with Gasteiger partial charge in [0.25, 0.3) is 0 Å². The Morgan fingerprint density at radius 1 is 1.22 bits per heavy atom. The highest BCUT2D eigenvalue weighted by atomic mass is 16.3. The van der Waals surface area contributed by atoms with Crippen LogP contribution in [-0.4, -0.2) is 59.6 Å². The van der Waals surface area contributed by atoms with E-state index in [9.17, 15) is 9.90 Å². The van der Waals surface area contributed by atoms with Gasteiger partial charge in [0.15, 0.2) is 0 Å². The summed E-state index contributed by atoms with van der Waals surface area (Å²) in [7, 11) is 0. The largest absolute Gasteiger partial charge is 0.391 e. The Kier molecular flexibility index (Phi) is 5.79. The van der Waals surface area contributed by atoms with Crippen molar-refractivity contribution >= 4 is 5.91 Å². The van der Waals surface area contributed by atoms with Gasteiger partial charge in [-0.05, 0) is 23.1 Å². The van der Waals surface area contributed by atoms with Crippen LogP contribution in [0.3, 0.4) is 0 Å². The average Bonchev–Trinajstić information content (AvgIpc) is 2.48. The summed E-state index contributed by atoms with van der Waals surface area (Å²) in [4.78, 5) is 16.0. The molecule has 1 fully saturated rings. The van der Waals surface area contributed by atoms with Crippen LogP contribution >= 0.6 is 0 Å². The maximum atomic E-state index is 11.3. The molecule has 3 N–H and O–H groups in total. The second-order valence-electron chi connectivity index (χ2n) is 7.52. The molecule has 23 heavy (non-hydrogen) atoms. The van der Waals surface area contributed by atoms with Crippen molar-refractivity contribution in [3.8, 4) is 0 Å². The smallest absolute Gasteiger partial charge is 0.248 e. The Balaban J connectivity index is 1.83. The van der Waals surface area contributed by atoms with Crippen LogP contribution < -0.4 is 5.73 Å². The molecule has 1 saturated heterocycles. The van der Waals surface area contributed by atoms with E-state index in [2.05, 4.69) is 30.6 Å². The van der Waals surface area contributed by atoms with Crippen LogP contribution in [0.25, 0.3) is 0 Å².